The topological polar surface area (TPSA) is 56.2 Å². The number of fused-ring (bicyclic) bond motifs is 3. The molecule has 0 aliphatic carbocycles. The molecule has 2 aromatic heterocycles. The molecular weight excluding hydrogens is 188 g/mol. The van der Waals surface area contributed by atoms with Crippen molar-refractivity contribution >= 4 is 17.1 Å². The minimum atomic E-state index is 0.775. The maximum Gasteiger partial charge on any atom is 0.160 e. The van der Waals surface area contributed by atoms with Crippen LogP contribution in [0.25, 0.3) is 17.1 Å². The largest absolute Gasteiger partial charge is 0.336 e. The van der Waals surface area contributed by atoms with E-state index in [4.69, 9.17) is 5.84 Å². The van der Waals surface area contributed by atoms with Gasteiger partial charge in [-0.25, -0.2) is 14.7 Å². The Labute approximate surface area is 86.0 Å². The molecule has 2 aromatic rings. The summed E-state index contributed by atoms with van der Waals surface area (Å²) in [5.74, 6) is 5.94. The van der Waals surface area contributed by atoms with E-state index in [9.17, 15) is 0 Å². The van der Waals surface area contributed by atoms with Gasteiger partial charge in [0.2, 0.25) is 0 Å². The van der Waals surface area contributed by atoms with Gasteiger partial charge in [0.1, 0.15) is 0 Å². The van der Waals surface area contributed by atoms with Crippen LogP contribution >= 0.6 is 0 Å². The number of nitrogen functional groups attached to an aromatic ring is 1. The van der Waals surface area contributed by atoms with Crippen LogP contribution in [-0.4, -0.2) is 9.66 Å². The Morgan fingerprint density at radius 1 is 1.40 bits per heavy atom. The van der Waals surface area contributed by atoms with Crippen molar-refractivity contribution in [2.45, 2.75) is 6.42 Å². The first-order valence-corrected chi connectivity index (χ1v) is 4.81. The van der Waals surface area contributed by atoms with E-state index in [1.807, 2.05) is 18.2 Å². The van der Waals surface area contributed by atoms with Gasteiger partial charge >= 0.3 is 0 Å². The summed E-state index contributed by atoms with van der Waals surface area (Å²) in [4.78, 5) is 8.56. The van der Waals surface area contributed by atoms with E-state index in [-0.39, 0.29) is 0 Å². The zero-order valence-electron chi connectivity index (χ0n) is 8.09. The highest BCUT2D eigenvalue weighted by molar-refractivity contribution is 5.77. The molecule has 0 saturated heterocycles. The minimum Gasteiger partial charge on any atom is -0.336 e. The van der Waals surface area contributed by atoms with Crippen molar-refractivity contribution in [1.29, 1.82) is 0 Å². The average Bonchev–Trinajstić information content (AvgIpc) is 2.48. The third-order valence-corrected chi connectivity index (χ3v) is 2.53. The van der Waals surface area contributed by atoms with Gasteiger partial charge in [0.15, 0.2) is 11.1 Å². The Balaban J connectivity index is 2.64. The predicted octanol–water partition coefficient (Wildman–Crippen LogP) is 0.0676. The Kier molecular flexibility index (Phi) is 1.62. The van der Waals surface area contributed by atoms with Crippen LogP contribution in [0.2, 0.25) is 0 Å². The lowest BCUT2D eigenvalue weighted by Gasteiger charge is -1.92. The number of aromatic nitrogens is 2. The standard InChI is InChI=1S/C11H10N4/c12-15-10-8(4-1-2-6-13-10)9-5-3-7-14-11(9)15/h2-7H,1,12H2. The normalized spacial score (nSPS) is 14.1. The fourth-order valence-electron chi connectivity index (χ4n) is 1.85. The number of nitrogens with zero attached hydrogens (tertiary/aromatic N) is 3. The Morgan fingerprint density at radius 3 is 3.27 bits per heavy atom. The smallest absolute Gasteiger partial charge is 0.160 e. The van der Waals surface area contributed by atoms with Crippen LogP contribution in [-0.2, 0) is 0 Å². The molecule has 0 saturated carbocycles. The SMILES string of the molecule is Nn1c2c(c3cccnc31)=CCC=CN=2. The molecule has 0 radical (unpaired) electrons. The molecule has 2 N–H and O–H groups in total. The first-order valence-electron chi connectivity index (χ1n) is 4.81. The number of nitrogens with two attached hydrogens (primary N) is 1. The van der Waals surface area contributed by atoms with Crippen molar-refractivity contribution in [3.63, 3.8) is 0 Å². The first-order chi connectivity index (χ1) is 7.38. The number of allylic oxidation sites excluding steroid dienone is 1. The quantitative estimate of drug-likeness (QED) is 0.609. The Bertz CT molecular complexity index is 664. The van der Waals surface area contributed by atoms with Crippen molar-refractivity contribution in [3.05, 3.63) is 41.3 Å². The van der Waals surface area contributed by atoms with Crippen LogP contribution in [0.4, 0.5) is 0 Å². The second kappa shape index (κ2) is 2.95. The van der Waals surface area contributed by atoms with Gasteiger partial charge in [0.25, 0.3) is 0 Å². The van der Waals surface area contributed by atoms with Crippen molar-refractivity contribution in [2.75, 3.05) is 5.84 Å². The lowest BCUT2D eigenvalue weighted by Crippen LogP contribution is -2.33. The van der Waals surface area contributed by atoms with Crippen LogP contribution in [0.5, 0.6) is 0 Å². The molecule has 15 heavy (non-hydrogen) atoms. The summed E-state index contributed by atoms with van der Waals surface area (Å²) in [5, 5.41) is 2.13. The highest BCUT2D eigenvalue weighted by atomic mass is 15.3. The Hall–Kier alpha value is -2.10. The summed E-state index contributed by atoms with van der Waals surface area (Å²) in [6.45, 7) is 0. The number of hydrogen-bond acceptors (Lipinski definition) is 3. The van der Waals surface area contributed by atoms with E-state index in [1.165, 1.54) is 4.68 Å². The lowest BCUT2D eigenvalue weighted by molar-refractivity contribution is 0.945. The molecule has 4 heteroatoms. The van der Waals surface area contributed by atoms with E-state index in [2.05, 4.69) is 16.1 Å². The monoisotopic (exact) mass is 198 g/mol. The molecule has 0 amide bonds. The van der Waals surface area contributed by atoms with Crippen LogP contribution in [0, 0.1) is 0 Å². The van der Waals surface area contributed by atoms with Gasteiger partial charge in [-0.05, 0) is 18.6 Å². The summed E-state index contributed by atoms with van der Waals surface area (Å²) in [7, 11) is 0. The van der Waals surface area contributed by atoms with Crippen molar-refractivity contribution in [2.24, 2.45) is 4.99 Å². The van der Waals surface area contributed by atoms with Gasteiger partial charge < -0.3 is 5.84 Å². The molecule has 0 spiro atoms. The van der Waals surface area contributed by atoms with Crippen LogP contribution in [0.1, 0.15) is 6.42 Å². The number of rotatable bonds is 0. The number of pyridine rings is 1. The van der Waals surface area contributed by atoms with Crippen molar-refractivity contribution in [3.8, 4) is 0 Å². The van der Waals surface area contributed by atoms with Gasteiger partial charge in [-0.15, -0.1) is 0 Å². The van der Waals surface area contributed by atoms with Crippen LogP contribution < -0.4 is 16.5 Å². The molecule has 3 rings (SSSR count). The third kappa shape index (κ3) is 1.08. The molecule has 0 unspecified atom stereocenters. The molecule has 3 heterocycles. The molecule has 74 valence electrons. The highest BCUT2D eigenvalue weighted by Crippen LogP contribution is 2.03. The summed E-state index contributed by atoms with van der Waals surface area (Å²) in [6.07, 6.45) is 8.52. The summed E-state index contributed by atoms with van der Waals surface area (Å²) in [5.41, 5.74) is 1.55. The van der Waals surface area contributed by atoms with Crippen molar-refractivity contribution < 1.29 is 0 Å². The van der Waals surface area contributed by atoms with Crippen LogP contribution in [0.3, 0.4) is 0 Å². The van der Waals surface area contributed by atoms with E-state index < -0.39 is 0 Å². The summed E-state index contributed by atoms with van der Waals surface area (Å²) in [6, 6.07) is 3.93. The zero-order chi connectivity index (χ0) is 10.3. The van der Waals surface area contributed by atoms with Crippen molar-refractivity contribution in [1.82, 2.24) is 9.66 Å². The predicted molar refractivity (Wildman–Crippen MR) is 58.9 cm³/mol. The lowest BCUT2D eigenvalue weighted by atomic mass is 10.2. The minimum absolute atomic E-state index is 0.775. The molecular formula is C11H10N4. The van der Waals surface area contributed by atoms with E-state index >= 15 is 0 Å². The molecule has 0 fully saturated rings. The van der Waals surface area contributed by atoms with Crippen LogP contribution in [0.15, 0.2) is 35.6 Å². The van der Waals surface area contributed by atoms with Gasteiger partial charge in [-0.1, -0.05) is 12.2 Å². The Morgan fingerprint density at radius 2 is 2.33 bits per heavy atom. The molecule has 0 aromatic carbocycles. The molecule has 1 aliphatic heterocycles. The molecule has 0 bridgehead atoms. The summed E-state index contributed by atoms with van der Waals surface area (Å²) < 4.78 is 1.54. The zero-order valence-corrected chi connectivity index (χ0v) is 8.09. The molecule has 0 atom stereocenters. The second-order valence-corrected chi connectivity index (χ2v) is 3.44. The van der Waals surface area contributed by atoms with Gasteiger partial charge in [-0.2, -0.15) is 0 Å². The number of hydrogen-bond donors (Lipinski definition) is 1. The van der Waals surface area contributed by atoms with Gasteiger partial charge in [0.05, 0.1) is 0 Å². The molecule has 4 nitrogen and oxygen atoms in total. The maximum absolute atomic E-state index is 5.94. The first kappa shape index (κ1) is 8.23. The van der Waals surface area contributed by atoms with Gasteiger partial charge in [0, 0.05) is 23.0 Å². The fourth-order valence-corrected chi connectivity index (χ4v) is 1.85. The molecule has 1 aliphatic rings. The van der Waals surface area contributed by atoms with Gasteiger partial charge in [-0.3, -0.25) is 0 Å². The second-order valence-electron chi connectivity index (χ2n) is 3.44. The average molecular weight is 198 g/mol. The fraction of sp³-hybridized carbons (Fsp3) is 0.0909. The third-order valence-electron chi connectivity index (χ3n) is 2.53. The maximum atomic E-state index is 5.94. The van der Waals surface area contributed by atoms with E-state index in [0.717, 1.165) is 28.2 Å². The van der Waals surface area contributed by atoms with E-state index in [0.29, 0.717) is 0 Å². The van der Waals surface area contributed by atoms with E-state index in [1.54, 1.807) is 12.4 Å². The highest BCUT2D eigenvalue weighted by Gasteiger charge is 2.06. The summed E-state index contributed by atoms with van der Waals surface area (Å²) >= 11 is 0.